The van der Waals surface area contributed by atoms with E-state index in [-0.39, 0.29) is 12.5 Å². The number of hydrogen-bond acceptors (Lipinski definition) is 4. The Kier molecular flexibility index (Phi) is 8.46. The number of hydrazone groups is 1. The van der Waals surface area contributed by atoms with Gasteiger partial charge in [0.05, 0.1) is 19.4 Å². The largest absolute Gasteiger partial charge is 0.494 e. The van der Waals surface area contributed by atoms with Crippen molar-refractivity contribution in [2.75, 3.05) is 13.2 Å². The molecule has 0 saturated heterocycles. The molecule has 6 nitrogen and oxygen atoms in total. The second-order valence-corrected chi connectivity index (χ2v) is 6.15. The molecule has 0 aromatic heterocycles. The topological polar surface area (TPSA) is 79.8 Å². The van der Waals surface area contributed by atoms with Crippen molar-refractivity contribution in [2.45, 2.75) is 20.3 Å². The summed E-state index contributed by atoms with van der Waals surface area (Å²) in [7, 11) is 0. The van der Waals surface area contributed by atoms with E-state index >= 15 is 0 Å². The molecule has 0 unspecified atom stereocenters. The van der Waals surface area contributed by atoms with Crippen molar-refractivity contribution in [3.63, 3.8) is 0 Å². The second kappa shape index (κ2) is 11.3. The molecule has 0 fully saturated rings. The highest BCUT2D eigenvalue weighted by atomic mass is 16.5. The minimum atomic E-state index is -0.403. The zero-order chi connectivity index (χ0) is 20.2. The van der Waals surface area contributed by atoms with E-state index in [0.29, 0.717) is 17.9 Å². The molecule has 0 aliphatic carbocycles. The van der Waals surface area contributed by atoms with Crippen LogP contribution in [0.5, 0.6) is 5.75 Å². The Morgan fingerprint density at radius 3 is 2.46 bits per heavy atom. The Hall–Kier alpha value is -3.41. The smallest absolute Gasteiger partial charge is 0.259 e. The average molecular weight is 379 g/mol. The van der Waals surface area contributed by atoms with Crippen LogP contribution in [0.15, 0.2) is 65.3 Å². The maximum atomic E-state index is 12.1. The van der Waals surface area contributed by atoms with Crippen molar-refractivity contribution in [3.05, 3.63) is 71.3 Å². The number of benzene rings is 2. The number of ether oxygens (including phenoxy) is 1. The van der Waals surface area contributed by atoms with Gasteiger partial charge in [0, 0.05) is 5.56 Å². The van der Waals surface area contributed by atoms with Crippen LogP contribution in [-0.4, -0.2) is 31.2 Å². The summed E-state index contributed by atoms with van der Waals surface area (Å²) in [6.45, 7) is 4.38. The van der Waals surface area contributed by atoms with Gasteiger partial charge in [-0.1, -0.05) is 43.3 Å². The van der Waals surface area contributed by atoms with E-state index < -0.39 is 5.91 Å². The van der Waals surface area contributed by atoms with Crippen LogP contribution in [-0.2, 0) is 4.79 Å². The number of allylic oxidation sites excluding steroid dienone is 1. The summed E-state index contributed by atoms with van der Waals surface area (Å²) in [5.74, 6) is -0.0225. The molecular formula is C22H25N3O3. The Labute approximate surface area is 165 Å². The summed E-state index contributed by atoms with van der Waals surface area (Å²) >= 11 is 0. The maximum Gasteiger partial charge on any atom is 0.259 e. The molecule has 2 N–H and O–H groups in total. The predicted octanol–water partition coefficient (Wildman–Crippen LogP) is 3.41. The average Bonchev–Trinajstić information content (AvgIpc) is 2.71. The lowest BCUT2D eigenvalue weighted by molar-refractivity contribution is -0.120. The summed E-state index contributed by atoms with van der Waals surface area (Å²) in [6, 6.07) is 16.6. The van der Waals surface area contributed by atoms with Gasteiger partial charge in [0.2, 0.25) is 0 Å². The molecule has 0 bridgehead atoms. The fraction of sp³-hybridized carbons (Fsp3) is 0.227. The minimum absolute atomic E-state index is 0.161. The summed E-state index contributed by atoms with van der Waals surface area (Å²) in [4.78, 5) is 23.9. The molecule has 2 rings (SSSR count). The molecule has 146 valence electrons. The highest BCUT2D eigenvalue weighted by Gasteiger charge is 2.07. The molecular weight excluding hydrogens is 354 g/mol. The van der Waals surface area contributed by atoms with Crippen LogP contribution >= 0.6 is 0 Å². The van der Waals surface area contributed by atoms with Gasteiger partial charge in [-0.15, -0.1) is 0 Å². The maximum absolute atomic E-state index is 12.1. The molecule has 28 heavy (non-hydrogen) atoms. The normalized spacial score (nSPS) is 11.3. The first-order valence-corrected chi connectivity index (χ1v) is 9.15. The lowest BCUT2D eigenvalue weighted by atomic mass is 10.1. The predicted molar refractivity (Wildman–Crippen MR) is 111 cm³/mol. The van der Waals surface area contributed by atoms with Crippen molar-refractivity contribution in [3.8, 4) is 5.75 Å². The Morgan fingerprint density at radius 2 is 1.79 bits per heavy atom. The highest BCUT2D eigenvalue weighted by molar-refractivity contribution is 5.96. The second-order valence-electron chi connectivity index (χ2n) is 6.15. The lowest BCUT2D eigenvalue weighted by Gasteiger charge is -2.07. The van der Waals surface area contributed by atoms with E-state index in [0.717, 1.165) is 17.6 Å². The highest BCUT2D eigenvalue weighted by Crippen LogP contribution is 2.12. The van der Waals surface area contributed by atoms with E-state index in [9.17, 15) is 9.59 Å². The van der Waals surface area contributed by atoms with E-state index in [1.165, 1.54) is 0 Å². The summed E-state index contributed by atoms with van der Waals surface area (Å²) in [5.41, 5.74) is 4.80. The third-order valence-corrected chi connectivity index (χ3v) is 3.65. The van der Waals surface area contributed by atoms with E-state index in [2.05, 4.69) is 15.8 Å². The van der Waals surface area contributed by atoms with Gasteiger partial charge in [-0.2, -0.15) is 5.10 Å². The van der Waals surface area contributed by atoms with Crippen LogP contribution in [0.4, 0.5) is 0 Å². The minimum Gasteiger partial charge on any atom is -0.494 e. The standard InChI is InChI=1S/C22H25N3O3/c1-3-13-28-20-11-9-19(10-12-20)22(27)23-16-21(26)25-24-15-17(2)14-18-7-5-4-6-8-18/h4-12,14-15H,3,13,16H2,1-2H3,(H,23,27)(H,25,26). The number of nitrogens with zero attached hydrogens (tertiary/aromatic N) is 1. The van der Waals surface area contributed by atoms with Crippen LogP contribution in [0.25, 0.3) is 6.08 Å². The molecule has 0 saturated carbocycles. The van der Waals surface area contributed by atoms with Crippen molar-refractivity contribution < 1.29 is 14.3 Å². The van der Waals surface area contributed by atoms with Crippen molar-refractivity contribution >= 4 is 24.1 Å². The fourth-order valence-corrected chi connectivity index (χ4v) is 2.28. The molecule has 2 aromatic rings. The van der Waals surface area contributed by atoms with Crippen molar-refractivity contribution in [2.24, 2.45) is 5.10 Å². The first-order chi connectivity index (χ1) is 13.6. The zero-order valence-corrected chi connectivity index (χ0v) is 16.1. The molecule has 0 radical (unpaired) electrons. The third-order valence-electron chi connectivity index (χ3n) is 3.65. The third kappa shape index (κ3) is 7.45. The van der Waals surface area contributed by atoms with Gasteiger partial charge in [-0.25, -0.2) is 5.43 Å². The van der Waals surface area contributed by atoms with Gasteiger partial charge < -0.3 is 10.1 Å². The van der Waals surface area contributed by atoms with Crippen LogP contribution in [0.1, 0.15) is 36.2 Å². The van der Waals surface area contributed by atoms with Crippen LogP contribution in [0, 0.1) is 0 Å². The number of amides is 2. The van der Waals surface area contributed by atoms with Gasteiger partial charge in [0.15, 0.2) is 0 Å². The first kappa shape index (κ1) is 20.9. The zero-order valence-electron chi connectivity index (χ0n) is 16.1. The molecule has 2 aromatic carbocycles. The Bertz CT molecular complexity index is 828. The molecule has 0 spiro atoms. The molecule has 0 aliphatic rings. The quantitative estimate of drug-likeness (QED) is 0.518. The molecule has 2 amide bonds. The Balaban J connectivity index is 1.75. The van der Waals surface area contributed by atoms with Gasteiger partial charge in [-0.05, 0) is 48.7 Å². The van der Waals surface area contributed by atoms with Gasteiger partial charge in [0.1, 0.15) is 5.75 Å². The first-order valence-electron chi connectivity index (χ1n) is 9.15. The van der Waals surface area contributed by atoms with Gasteiger partial charge >= 0.3 is 0 Å². The lowest BCUT2D eigenvalue weighted by Crippen LogP contribution is -2.34. The number of carbonyl (C=O) groups excluding carboxylic acids is 2. The SMILES string of the molecule is CCCOc1ccc(C(=O)NCC(=O)NN=CC(C)=Cc2ccccc2)cc1. The Morgan fingerprint density at radius 1 is 1.07 bits per heavy atom. The molecule has 0 heterocycles. The van der Waals surface area contributed by atoms with E-state index in [1.54, 1.807) is 30.5 Å². The summed E-state index contributed by atoms with van der Waals surface area (Å²) < 4.78 is 5.47. The van der Waals surface area contributed by atoms with E-state index in [1.807, 2.05) is 50.3 Å². The van der Waals surface area contributed by atoms with Crippen LogP contribution in [0.3, 0.4) is 0 Å². The van der Waals surface area contributed by atoms with Gasteiger partial charge in [-0.3, -0.25) is 9.59 Å². The number of carbonyl (C=O) groups is 2. The van der Waals surface area contributed by atoms with Crippen molar-refractivity contribution in [1.82, 2.24) is 10.7 Å². The van der Waals surface area contributed by atoms with E-state index in [4.69, 9.17) is 4.74 Å². The number of nitrogens with one attached hydrogen (secondary N) is 2. The summed E-state index contributed by atoms with van der Waals surface area (Å²) in [6.07, 6.45) is 4.43. The molecule has 0 aliphatic heterocycles. The van der Waals surface area contributed by atoms with Gasteiger partial charge in [0.25, 0.3) is 11.8 Å². The number of hydrogen-bond donors (Lipinski definition) is 2. The molecule has 6 heteroatoms. The van der Waals surface area contributed by atoms with Crippen LogP contribution < -0.4 is 15.5 Å². The number of rotatable bonds is 9. The molecule has 0 atom stereocenters. The monoisotopic (exact) mass is 379 g/mol. The summed E-state index contributed by atoms with van der Waals surface area (Å²) in [5, 5.41) is 6.46. The van der Waals surface area contributed by atoms with Crippen LogP contribution in [0.2, 0.25) is 0 Å². The fourth-order valence-electron chi connectivity index (χ4n) is 2.28. The van der Waals surface area contributed by atoms with Crippen molar-refractivity contribution in [1.29, 1.82) is 0 Å².